The molecule has 6 aromatic rings. The lowest BCUT2D eigenvalue weighted by atomic mass is 10.0. The maximum Gasteiger partial charge on any atom is 0.246 e. The largest absolute Gasteiger partial charge is 0.368 e. The lowest BCUT2D eigenvalue weighted by Crippen LogP contribution is -2.61. The highest BCUT2D eigenvalue weighted by Crippen LogP contribution is 2.26. The average Bonchev–Trinajstić information content (AvgIpc) is 3.12. The van der Waals surface area contributed by atoms with E-state index in [4.69, 9.17) is 57.9 Å². The van der Waals surface area contributed by atoms with E-state index in [0.717, 1.165) is 22.3 Å². The number of amides is 8. The first kappa shape index (κ1) is 67.5. The fourth-order valence-electron chi connectivity index (χ4n) is 10.2. The van der Waals surface area contributed by atoms with Gasteiger partial charge in [-0.2, -0.15) is 0 Å². The second-order valence-corrected chi connectivity index (χ2v) is 22.9. The molecule has 2 heterocycles. The van der Waals surface area contributed by atoms with Crippen molar-refractivity contribution in [2.45, 2.75) is 63.5 Å². The van der Waals surface area contributed by atoms with Crippen LogP contribution in [0.1, 0.15) is 46.2 Å². The van der Waals surface area contributed by atoms with Crippen LogP contribution < -0.4 is 11.5 Å². The molecule has 0 radical (unpaired) electrons. The number of primary amides is 2. The minimum atomic E-state index is -1.20. The summed E-state index contributed by atoms with van der Waals surface area (Å²) in [6, 6.07) is 30.9. The molecule has 16 nitrogen and oxygen atoms in total. The van der Waals surface area contributed by atoms with Gasteiger partial charge in [0, 0.05) is 59.4 Å². The van der Waals surface area contributed by atoms with Crippen molar-refractivity contribution >= 4 is 93.7 Å². The van der Waals surface area contributed by atoms with Crippen LogP contribution in [0.5, 0.6) is 0 Å². The number of benzene rings is 6. The van der Waals surface area contributed by atoms with Gasteiger partial charge in [0.1, 0.15) is 35.4 Å². The Hall–Kier alpha value is -8.04. The SMILES string of the molecule is NC(=O)CN(CCc1ccc(Cl)cc1Cl)C(=O)C1CC(=O)N(CCc2ccc(F)cc2)CC(=O)N1CCc1ccc(F)cc1.NC(=O)CN(CCc1ccc(Cl)cc1Cl)C(=O)CC1C(=O)N(CCc2ccc(F)cc2)CC(=O)N1CCc1ccc(F)cc1. The molecule has 24 heteroatoms. The zero-order valence-corrected chi connectivity index (χ0v) is 50.7. The molecule has 0 saturated carbocycles. The smallest absolute Gasteiger partial charge is 0.246 e. The third kappa shape index (κ3) is 20.0. The van der Waals surface area contributed by atoms with Gasteiger partial charge >= 0.3 is 0 Å². The van der Waals surface area contributed by atoms with Crippen molar-refractivity contribution in [3.05, 3.63) is 210 Å². The Morgan fingerprint density at radius 3 is 1.27 bits per heavy atom. The molecule has 0 spiro atoms. The Labute approximate surface area is 526 Å². The lowest BCUT2D eigenvalue weighted by molar-refractivity contribution is -0.158. The van der Waals surface area contributed by atoms with Gasteiger partial charge in [0.05, 0.1) is 39.0 Å². The first-order valence-electron chi connectivity index (χ1n) is 28.1. The molecule has 2 unspecified atom stereocenters. The Bertz CT molecular complexity index is 3420. The monoisotopic (exact) mass is 1290 g/mol. The summed E-state index contributed by atoms with van der Waals surface area (Å²) in [5.74, 6) is -5.83. The molecule has 0 bridgehead atoms. The number of nitrogens with zero attached hydrogens (tertiary/aromatic N) is 6. The quantitative estimate of drug-likeness (QED) is 0.0535. The molecule has 0 aliphatic carbocycles. The van der Waals surface area contributed by atoms with Crippen molar-refractivity contribution in [2.24, 2.45) is 11.5 Å². The van der Waals surface area contributed by atoms with E-state index in [2.05, 4.69) is 0 Å². The summed E-state index contributed by atoms with van der Waals surface area (Å²) in [6.45, 7) is -0.563. The number of carbonyl (C=O) groups excluding carboxylic acids is 8. The molecule has 0 aromatic heterocycles. The van der Waals surface area contributed by atoms with E-state index in [1.54, 1.807) is 84.9 Å². The summed E-state index contributed by atoms with van der Waals surface area (Å²) in [5, 5.41) is 1.69. The van der Waals surface area contributed by atoms with E-state index < -0.39 is 71.6 Å². The van der Waals surface area contributed by atoms with E-state index in [0.29, 0.717) is 63.3 Å². The molecule has 8 rings (SSSR count). The molecule has 2 aliphatic heterocycles. The Morgan fingerprint density at radius 1 is 0.466 bits per heavy atom. The summed E-state index contributed by atoms with van der Waals surface area (Å²) in [5.41, 5.74) is 15.4. The number of hydrogen-bond donors (Lipinski definition) is 2. The fraction of sp³-hybridized carbons (Fsp3) is 0.312. The first-order valence-corrected chi connectivity index (χ1v) is 29.7. The van der Waals surface area contributed by atoms with Crippen molar-refractivity contribution in [2.75, 3.05) is 65.4 Å². The molecule has 2 fully saturated rings. The van der Waals surface area contributed by atoms with Crippen LogP contribution in [0.25, 0.3) is 0 Å². The molecule has 88 heavy (non-hydrogen) atoms. The van der Waals surface area contributed by atoms with Crippen LogP contribution in [0.15, 0.2) is 133 Å². The lowest BCUT2D eigenvalue weighted by Gasteiger charge is -2.40. The van der Waals surface area contributed by atoms with Crippen LogP contribution in [0.3, 0.4) is 0 Å². The minimum Gasteiger partial charge on any atom is -0.368 e. The normalized spacial score (nSPS) is 15.2. The van der Waals surface area contributed by atoms with Crippen LogP contribution in [0.2, 0.25) is 20.1 Å². The van der Waals surface area contributed by atoms with E-state index in [9.17, 15) is 55.9 Å². The van der Waals surface area contributed by atoms with Crippen molar-refractivity contribution < 1.29 is 55.9 Å². The van der Waals surface area contributed by atoms with E-state index in [1.165, 1.54) is 77.9 Å². The van der Waals surface area contributed by atoms with Crippen LogP contribution in [0.4, 0.5) is 17.6 Å². The predicted octanol–water partition coefficient (Wildman–Crippen LogP) is 8.09. The molecule has 4 N–H and O–H groups in total. The standard InChI is InChI=1S/2C32H32Cl2F2N4O4/c33-24-6-5-23(27(34)17-24)13-15-38(19-29(37)41)30(42)18-28-32(44)39(14-11-21-1-7-25(35)8-2-21)20-31(43)40(28)16-12-22-3-9-26(36)10-4-22;33-24-6-5-23(27(34)17-24)13-15-39(19-29(37)41)32(44)28-18-30(42)38(14-11-21-1-7-25(35)8-2-21)20-31(43)40(28)16-12-22-3-9-26(36)10-4-22/h2*1-10,17,28H,11-16,18-20H2,(H2,37,41). The average molecular weight is 1290 g/mol. The topological polar surface area (TPSA) is 208 Å². The summed E-state index contributed by atoms with van der Waals surface area (Å²) >= 11 is 24.6. The van der Waals surface area contributed by atoms with Gasteiger partial charge in [0.2, 0.25) is 47.3 Å². The maximum atomic E-state index is 14.0. The summed E-state index contributed by atoms with van der Waals surface area (Å²) in [6.07, 6.45) is 1.27. The Balaban J connectivity index is 0.000000251. The highest BCUT2D eigenvalue weighted by Gasteiger charge is 2.42. The maximum absolute atomic E-state index is 14.0. The molecular weight excluding hydrogens is 1230 g/mol. The van der Waals surface area contributed by atoms with Crippen molar-refractivity contribution in [1.29, 1.82) is 0 Å². The molecule has 464 valence electrons. The van der Waals surface area contributed by atoms with Gasteiger partial charge in [-0.05, 0) is 145 Å². The van der Waals surface area contributed by atoms with Crippen LogP contribution in [-0.4, -0.2) is 154 Å². The van der Waals surface area contributed by atoms with Crippen molar-refractivity contribution in [3.63, 3.8) is 0 Å². The van der Waals surface area contributed by atoms with E-state index in [-0.39, 0.29) is 95.7 Å². The Kier molecular flexibility index (Phi) is 24.7. The van der Waals surface area contributed by atoms with Gasteiger partial charge in [-0.3, -0.25) is 38.4 Å². The first-order chi connectivity index (χ1) is 42.0. The van der Waals surface area contributed by atoms with Gasteiger partial charge in [0.25, 0.3) is 0 Å². The zero-order chi connectivity index (χ0) is 63.6. The Morgan fingerprint density at radius 2 is 0.841 bits per heavy atom. The van der Waals surface area contributed by atoms with Crippen molar-refractivity contribution in [3.8, 4) is 0 Å². The van der Waals surface area contributed by atoms with E-state index in [1.807, 2.05) is 0 Å². The summed E-state index contributed by atoms with van der Waals surface area (Å²) < 4.78 is 53.6. The molecule has 8 amide bonds. The molecule has 2 atom stereocenters. The van der Waals surface area contributed by atoms with Gasteiger partial charge in [0.15, 0.2) is 0 Å². The highest BCUT2D eigenvalue weighted by molar-refractivity contribution is 6.35. The molecular formula is C64H64Cl4F4N8O8. The van der Waals surface area contributed by atoms with Crippen LogP contribution in [0, 0.1) is 23.3 Å². The molecule has 2 aliphatic rings. The number of piperazine rings is 1. The number of rotatable bonds is 25. The minimum absolute atomic E-state index is 0.0437. The number of halogens is 8. The van der Waals surface area contributed by atoms with Crippen LogP contribution >= 0.6 is 46.4 Å². The predicted molar refractivity (Wildman–Crippen MR) is 326 cm³/mol. The van der Waals surface area contributed by atoms with Gasteiger partial charge in [-0.25, -0.2) is 17.6 Å². The van der Waals surface area contributed by atoms with Crippen LogP contribution in [-0.2, 0) is 76.9 Å². The van der Waals surface area contributed by atoms with Gasteiger partial charge in [-0.1, -0.05) is 107 Å². The van der Waals surface area contributed by atoms with Gasteiger partial charge in [-0.15, -0.1) is 0 Å². The number of carbonyl (C=O) groups is 8. The number of nitrogens with two attached hydrogens (primary N) is 2. The third-order valence-electron chi connectivity index (χ3n) is 15.0. The second-order valence-electron chi connectivity index (χ2n) is 21.2. The molecule has 6 aromatic carbocycles. The second kappa shape index (κ2) is 32.3. The summed E-state index contributed by atoms with van der Waals surface area (Å²) in [4.78, 5) is 114. The zero-order valence-electron chi connectivity index (χ0n) is 47.7. The van der Waals surface area contributed by atoms with E-state index >= 15 is 0 Å². The van der Waals surface area contributed by atoms with Crippen molar-refractivity contribution in [1.82, 2.24) is 29.4 Å². The van der Waals surface area contributed by atoms with Gasteiger partial charge < -0.3 is 40.9 Å². The highest BCUT2D eigenvalue weighted by atomic mass is 35.5. The third-order valence-corrected chi connectivity index (χ3v) is 16.2. The number of hydrogen-bond acceptors (Lipinski definition) is 8. The summed E-state index contributed by atoms with van der Waals surface area (Å²) in [7, 11) is 0. The molecule has 2 saturated heterocycles. The fourth-order valence-corrected chi connectivity index (χ4v) is 11.2.